The molecular weight excluding hydrogens is 477 g/mol. The lowest BCUT2D eigenvalue weighted by molar-refractivity contribution is -0.110. The predicted octanol–water partition coefficient (Wildman–Crippen LogP) is 6.02. The van der Waals surface area contributed by atoms with Gasteiger partial charge in [-0.2, -0.15) is 0 Å². The van der Waals surface area contributed by atoms with E-state index in [1.807, 2.05) is 60.8 Å². The fourth-order valence-corrected chi connectivity index (χ4v) is 5.38. The first-order valence-electron chi connectivity index (χ1n) is 13.1. The first kappa shape index (κ1) is 24.1. The highest BCUT2D eigenvalue weighted by Crippen LogP contribution is 2.41. The van der Waals surface area contributed by atoms with Gasteiger partial charge in [0.25, 0.3) is 5.91 Å². The molecule has 38 heavy (non-hydrogen) atoms. The van der Waals surface area contributed by atoms with Crippen LogP contribution in [0.25, 0.3) is 22.4 Å². The van der Waals surface area contributed by atoms with E-state index in [2.05, 4.69) is 27.4 Å². The summed E-state index contributed by atoms with van der Waals surface area (Å²) in [6, 6.07) is 22.5. The van der Waals surface area contributed by atoms with Crippen LogP contribution in [0.5, 0.6) is 0 Å². The van der Waals surface area contributed by atoms with Gasteiger partial charge >= 0.3 is 0 Å². The van der Waals surface area contributed by atoms with Crippen LogP contribution in [-0.2, 0) is 4.79 Å². The number of hydrogen-bond donors (Lipinski definition) is 3. The zero-order valence-corrected chi connectivity index (χ0v) is 21.3. The van der Waals surface area contributed by atoms with Crippen molar-refractivity contribution in [2.45, 2.75) is 25.8 Å². The number of imidazole rings is 1. The Kier molecular flexibility index (Phi) is 6.52. The number of anilines is 2. The first-order chi connectivity index (χ1) is 18.6. The Balaban J connectivity index is 1.43. The van der Waals surface area contributed by atoms with Crippen LogP contribution in [0.3, 0.4) is 0 Å². The molecule has 3 N–H and O–H groups in total. The number of aromatic nitrogens is 2. The number of carbonyl (C=O) groups excluding carboxylic acids is 1. The number of rotatable bonds is 6. The van der Waals surface area contributed by atoms with Gasteiger partial charge in [0.1, 0.15) is 11.6 Å². The molecule has 0 saturated carbocycles. The van der Waals surface area contributed by atoms with Gasteiger partial charge in [0.2, 0.25) is 0 Å². The fourth-order valence-electron chi connectivity index (χ4n) is 5.38. The van der Waals surface area contributed by atoms with Gasteiger partial charge < -0.3 is 20.5 Å². The molecular formula is C31H30FN5O. The highest BCUT2D eigenvalue weighted by Gasteiger charge is 2.31. The number of nitrogens with one attached hydrogen (secondary N) is 3. The molecule has 1 aromatic heterocycles. The van der Waals surface area contributed by atoms with Gasteiger partial charge in [0, 0.05) is 53.4 Å². The third kappa shape index (κ3) is 4.73. The second kappa shape index (κ2) is 10.3. The number of benzene rings is 3. The van der Waals surface area contributed by atoms with E-state index < -0.39 is 0 Å². The van der Waals surface area contributed by atoms with E-state index in [0.717, 1.165) is 60.7 Å². The molecule has 0 unspecified atom stereocenters. The minimum Gasteiger partial charge on any atom is -0.382 e. The Morgan fingerprint density at radius 3 is 2.63 bits per heavy atom. The summed E-state index contributed by atoms with van der Waals surface area (Å²) in [4.78, 5) is 24.0. The fraction of sp³-hybridized carbons (Fsp3) is 0.226. The maximum Gasteiger partial charge on any atom is 0.257 e. The lowest BCUT2D eigenvalue weighted by Crippen LogP contribution is -2.38. The number of piperidine rings is 1. The Bertz CT molecular complexity index is 1500. The van der Waals surface area contributed by atoms with Gasteiger partial charge in [0.15, 0.2) is 0 Å². The summed E-state index contributed by atoms with van der Waals surface area (Å²) in [5.41, 5.74) is 5.82. The molecule has 3 aromatic carbocycles. The van der Waals surface area contributed by atoms with Crippen molar-refractivity contribution >= 4 is 28.4 Å². The summed E-state index contributed by atoms with van der Waals surface area (Å²) in [5.74, 6) is -0.0917. The van der Waals surface area contributed by atoms with Gasteiger partial charge in [-0.1, -0.05) is 49.4 Å². The first-order valence-corrected chi connectivity index (χ1v) is 13.1. The summed E-state index contributed by atoms with van der Waals surface area (Å²) in [6.45, 7) is 5.44. The molecule has 3 heterocycles. The zero-order valence-electron chi connectivity index (χ0n) is 21.3. The van der Waals surface area contributed by atoms with Crippen molar-refractivity contribution in [3.05, 3.63) is 102 Å². The standard InChI is InChI=1S/C31H30FN5O/c1-2-37-15-13-23(14-16-37)34-24-11-12-26-25(18-24)29(31(38)36-26)28(21-9-6-10-22(32)17-21)30-33-19-27(35-30)20-7-4-3-5-8-20/h3-12,17-19,23,34H,2,13-16H2,1H3,(H,33,35)(H,36,38)/b29-28-. The van der Waals surface area contributed by atoms with Crippen LogP contribution in [0.15, 0.2) is 79.0 Å². The van der Waals surface area contributed by atoms with Crippen molar-refractivity contribution in [2.24, 2.45) is 0 Å². The number of amides is 1. The van der Waals surface area contributed by atoms with Crippen molar-refractivity contribution in [3.8, 4) is 11.3 Å². The molecule has 0 spiro atoms. The molecule has 2 aliphatic heterocycles. The Hall–Kier alpha value is -4.23. The van der Waals surface area contributed by atoms with E-state index >= 15 is 0 Å². The predicted molar refractivity (Wildman–Crippen MR) is 150 cm³/mol. The monoisotopic (exact) mass is 507 g/mol. The van der Waals surface area contributed by atoms with Crippen LogP contribution in [-0.4, -0.2) is 46.5 Å². The van der Waals surface area contributed by atoms with Crippen LogP contribution < -0.4 is 10.6 Å². The summed E-state index contributed by atoms with van der Waals surface area (Å²) < 4.78 is 14.4. The molecule has 0 radical (unpaired) electrons. The second-order valence-corrected chi connectivity index (χ2v) is 9.83. The SMILES string of the molecule is CCN1CCC(Nc2ccc3c(c2)/C(=C(\c2cccc(F)c2)c2nc(-c4ccccc4)c[nH]2)C(=O)N3)CC1. The zero-order chi connectivity index (χ0) is 26.1. The Morgan fingerprint density at radius 1 is 1.05 bits per heavy atom. The number of aromatic amines is 1. The summed E-state index contributed by atoms with van der Waals surface area (Å²) >= 11 is 0. The number of H-pyrrole nitrogens is 1. The van der Waals surface area contributed by atoms with Gasteiger partial charge in [-0.15, -0.1) is 0 Å². The van der Waals surface area contributed by atoms with Gasteiger partial charge in [0.05, 0.1) is 11.3 Å². The summed E-state index contributed by atoms with van der Waals surface area (Å²) in [7, 11) is 0. The molecule has 0 atom stereocenters. The van der Waals surface area contributed by atoms with Crippen LogP contribution in [0.4, 0.5) is 15.8 Å². The van der Waals surface area contributed by atoms with Crippen molar-refractivity contribution in [2.75, 3.05) is 30.3 Å². The third-order valence-corrected chi connectivity index (χ3v) is 7.42. The number of halogens is 1. The van der Waals surface area contributed by atoms with Gasteiger partial charge in [-0.05, 0) is 55.3 Å². The maximum absolute atomic E-state index is 14.4. The third-order valence-electron chi connectivity index (χ3n) is 7.42. The number of hydrogen-bond acceptors (Lipinski definition) is 4. The van der Waals surface area contributed by atoms with Crippen LogP contribution >= 0.6 is 0 Å². The average Bonchev–Trinajstić information content (AvgIpc) is 3.55. The van der Waals surface area contributed by atoms with Crippen LogP contribution in [0.2, 0.25) is 0 Å². The van der Waals surface area contributed by atoms with Crippen molar-refractivity contribution < 1.29 is 9.18 Å². The van der Waals surface area contributed by atoms with Crippen molar-refractivity contribution in [1.29, 1.82) is 0 Å². The highest BCUT2D eigenvalue weighted by atomic mass is 19.1. The minimum atomic E-state index is -0.372. The van der Waals surface area contributed by atoms with Crippen LogP contribution in [0.1, 0.15) is 36.7 Å². The minimum absolute atomic E-state index is 0.231. The second-order valence-electron chi connectivity index (χ2n) is 9.83. The molecule has 0 bridgehead atoms. The summed E-state index contributed by atoms with van der Waals surface area (Å²) in [6.07, 6.45) is 3.97. The molecule has 6 nitrogen and oxygen atoms in total. The molecule has 4 aromatic rings. The number of carbonyl (C=O) groups is 1. The molecule has 192 valence electrons. The van der Waals surface area contributed by atoms with Gasteiger partial charge in [-0.3, -0.25) is 4.79 Å². The van der Waals surface area contributed by atoms with E-state index in [4.69, 9.17) is 4.98 Å². The molecule has 1 fully saturated rings. The van der Waals surface area contributed by atoms with E-state index in [1.165, 1.54) is 12.1 Å². The molecule has 2 aliphatic rings. The van der Waals surface area contributed by atoms with E-state index in [9.17, 15) is 9.18 Å². The largest absolute Gasteiger partial charge is 0.382 e. The topological polar surface area (TPSA) is 73.0 Å². The quantitative estimate of drug-likeness (QED) is 0.279. The van der Waals surface area contributed by atoms with E-state index in [-0.39, 0.29) is 11.7 Å². The maximum atomic E-state index is 14.4. The number of fused-ring (bicyclic) bond motifs is 1. The van der Waals surface area contributed by atoms with Gasteiger partial charge in [-0.25, -0.2) is 9.37 Å². The van der Waals surface area contributed by atoms with E-state index in [0.29, 0.717) is 28.6 Å². The van der Waals surface area contributed by atoms with E-state index in [1.54, 1.807) is 6.07 Å². The van der Waals surface area contributed by atoms with Crippen molar-refractivity contribution in [3.63, 3.8) is 0 Å². The smallest absolute Gasteiger partial charge is 0.257 e. The van der Waals surface area contributed by atoms with Crippen molar-refractivity contribution in [1.82, 2.24) is 14.9 Å². The number of likely N-dealkylation sites (tertiary alicyclic amines) is 1. The summed E-state index contributed by atoms with van der Waals surface area (Å²) in [5, 5.41) is 6.67. The average molecular weight is 508 g/mol. The lowest BCUT2D eigenvalue weighted by atomic mass is 9.94. The number of nitrogens with zero attached hydrogens (tertiary/aromatic N) is 2. The molecule has 0 aliphatic carbocycles. The molecule has 6 rings (SSSR count). The highest BCUT2D eigenvalue weighted by molar-refractivity contribution is 6.38. The molecule has 1 amide bonds. The normalized spacial score (nSPS) is 17.3. The Labute approximate surface area is 221 Å². The Morgan fingerprint density at radius 2 is 1.87 bits per heavy atom. The molecule has 7 heteroatoms. The lowest BCUT2D eigenvalue weighted by Gasteiger charge is -2.32. The molecule has 1 saturated heterocycles. The van der Waals surface area contributed by atoms with Crippen LogP contribution in [0, 0.1) is 5.82 Å².